The first-order chi connectivity index (χ1) is 9.24. The van der Waals surface area contributed by atoms with E-state index in [0.717, 1.165) is 15.9 Å². The van der Waals surface area contributed by atoms with E-state index in [1.807, 2.05) is 20.9 Å². The number of aromatic nitrogens is 4. The summed E-state index contributed by atoms with van der Waals surface area (Å²) < 4.78 is 27.2. The van der Waals surface area contributed by atoms with E-state index in [1.54, 1.807) is 9.25 Å². The fourth-order valence-electron chi connectivity index (χ4n) is 1.98. The monoisotopic (exact) mass is 380 g/mol. The fourth-order valence-corrected chi connectivity index (χ4v) is 3.13. The van der Waals surface area contributed by atoms with Gasteiger partial charge in [-0.15, -0.1) is 0 Å². The zero-order chi connectivity index (χ0) is 15.1. The van der Waals surface area contributed by atoms with Crippen LogP contribution in [0.3, 0.4) is 0 Å². The third-order valence-electron chi connectivity index (χ3n) is 2.98. The van der Waals surface area contributed by atoms with Crippen molar-refractivity contribution in [3.05, 3.63) is 27.9 Å². The summed E-state index contributed by atoms with van der Waals surface area (Å²) in [4.78, 5) is 4.06. The summed E-state index contributed by atoms with van der Waals surface area (Å²) in [6.07, 6.45) is 2.07. The van der Waals surface area contributed by atoms with E-state index in [-0.39, 0.29) is 5.03 Å². The minimum absolute atomic E-state index is 0.119. The number of hydrogen-bond acceptors (Lipinski definition) is 4. The van der Waals surface area contributed by atoms with Gasteiger partial charge in [-0.2, -0.15) is 5.10 Å². The zero-order valence-corrected chi connectivity index (χ0v) is 14.4. The van der Waals surface area contributed by atoms with Gasteiger partial charge in [-0.3, -0.25) is 4.68 Å². The molecule has 0 aliphatic carbocycles. The van der Waals surface area contributed by atoms with Crippen molar-refractivity contribution in [1.82, 2.24) is 19.3 Å². The Bertz CT molecular complexity index is 751. The Kier molecular flexibility index (Phi) is 4.27. The van der Waals surface area contributed by atoms with E-state index in [4.69, 9.17) is 10.7 Å². The van der Waals surface area contributed by atoms with Crippen molar-refractivity contribution in [2.24, 2.45) is 7.05 Å². The Morgan fingerprint density at radius 2 is 2.10 bits per heavy atom. The lowest BCUT2D eigenvalue weighted by molar-refractivity contribution is 0.606. The lowest BCUT2D eigenvalue weighted by atomic mass is 10.3. The van der Waals surface area contributed by atoms with Crippen LogP contribution in [0.4, 0.5) is 0 Å². The molecular weight excluding hydrogens is 368 g/mol. The van der Waals surface area contributed by atoms with Gasteiger partial charge in [0.05, 0.1) is 22.4 Å². The van der Waals surface area contributed by atoms with Crippen LogP contribution < -0.4 is 0 Å². The van der Waals surface area contributed by atoms with Gasteiger partial charge >= 0.3 is 0 Å². The summed E-state index contributed by atoms with van der Waals surface area (Å²) in [5.41, 5.74) is 1.82. The maximum atomic E-state index is 11.4. The van der Waals surface area contributed by atoms with Crippen molar-refractivity contribution < 1.29 is 8.42 Å². The topological polar surface area (TPSA) is 69.8 Å². The summed E-state index contributed by atoms with van der Waals surface area (Å²) in [5.74, 6) is 0.662. The van der Waals surface area contributed by atoms with Crippen LogP contribution in [0.5, 0.6) is 0 Å². The first kappa shape index (κ1) is 15.5. The first-order valence-electron chi connectivity index (χ1n) is 5.92. The Morgan fingerprint density at radius 1 is 1.45 bits per heavy atom. The molecule has 2 rings (SSSR count). The number of halogens is 2. The smallest absolute Gasteiger partial charge is 0.280 e. The molecule has 0 bridgehead atoms. The second-order valence-corrected chi connectivity index (χ2v) is 7.69. The van der Waals surface area contributed by atoms with Gasteiger partial charge in [0.2, 0.25) is 0 Å². The molecule has 0 saturated carbocycles. The van der Waals surface area contributed by atoms with Gasteiger partial charge in [0.25, 0.3) is 9.05 Å². The largest absolute Gasteiger partial charge is 0.327 e. The lowest BCUT2D eigenvalue weighted by Crippen LogP contribution is -2.08. The maximum Gasteiger partial charge on any atom is 0.280 e. The summed E-state index contributed by atoms with van der Waals surface area (Å²) >= 11 is 3.49. The maximum absolute atomic E-state index is 11.4. The third-order valence-corrected chi connectivity index (χ3v) is 5.19. The molecule has 20 heavy (non-hydrogen) atoms. The minimum atomic E-state index is -3.82. The van der Waals surface area contributed by atoms with Gasteiger partial charge in [0.15, 0.2) is 5.03 Å². The molecule has 0 amide bonds. The van der Waals surface area contributed by atoms with Crippen molar-refractivity contribution in [2.75, 3.05) is 0 Å². The molecule has 0 aliphatic rings. The van der Waals surface area contributed by atoms with E-state index < -0.39 is 9.05 Å². The molecule has 2 heterocycles. The van der Waals surface area contributed by atoms with Crippen LogP contribution in [0.2, 0.25) is 0 Å². The molecule has 0 atom stereocenters. The van der Waals surface area contributed by atoms with E-state index in [0.29, 0.717) is 18.8 Å². The Morgan fingerprint density at radius 3 is 2.55 bits per heavy atom. The Labute approximate surface area is 130 Å². The van der Waals surface area contributed by atoms with Crippen LogP contribution in [0.1, 0.15) is 24.1 Å². The highest BCUT2D eigenvalue weighted by atomic mass is 79.9. The fraction of sp³-hybridized carbons (Fsp3) is 0.455. The van der Waals surface area contributed by atoms with E-state index >= 15 is 0 Å². The van der Waals surface area contributed by atoms with Crippen LogP contribution in [0.25, 0.3) is 0 Å². The second-order valence-electron chi connectivity index (χ2n) is 4.38. The van der Waals surface area contributed by atoms with Crippen LogP contribution in [0.15, 0.2) is 15.7 Å². The number of hydrogen-bond donors (Lipinski definition) is 0. The highest BCUT2D eigenvalue weighted by Crippen LogP contribution is 2.23. The number of nitrogens with zero attached hydrogens (tertiary/aromatic N) is 4. The van der Waals surface area contributed by atoms with Crippen molar-refractivity contribution in [3.8, 4) is 0 Å². The number of rotatable bonds is 4. The average Bonchev–Trinajstić information content (AvgIpc) is 2.86. The summed E-state index contributed by atoms with van der Waals surface area (Å²) in [5, 5.41) is 4.19. The molecule has 6 nitrogen and oxygen atoms in total. The van der Waals surface area contributed by atoms with Gasteiger partial charge in [-0.1, -0.05) is 6.92 Å². The van der Waals surface area contributed by atoms with Crippen LogP contribution in [-0.2, 0) is 29.1 Å². The van der Waals surface area contributed by atoms with Crippen LogP contribution in [-0.4, -0.2) is 27.7 Å². The predicted molar refractivity (Wildman–Crippen MR) is 79.4 cm³/mol. The van der Waals surface area contributed by atoms with Gasteiger partial charge in [0, 0.05) is 30.3 Å². The van der Waals surface area contributed by atoms with Gasteiger partial charge in [0.1, 0.15) is 5.82 Å². The molecule has 0 fully saturated rings. The normalized spacial score (nSPS) is 12.1. The summed E-state index contributed by atoms with van der Waals surface area (Å²) in [6.45, 7) is 4.28. The van der Waals surface area contributed by atoms with Crippen molar-refractivity contribution in [2.45, 2.75) is 31.8 Å². The summed E-state index contributed by atoms with van der Waals surface area (Å²) in [7, 11) is 3.37. The molecule has 2 aromatic rings. The van der Waals surface area contributed by atoms with Crippen molar-refractivity contribution >= 4 is 35.7 Å². The van der Waals surface area contributed by atoms with Crippen LogP contribution >= 0.6 is 26.6 Å². The van der Waals surface area contributed by atoms with Crippen molar-refractivity contribution in [3.63, 3.8) is 0 Å². The predicted octanol–water partition coefficient (Wildman–Crippen LogP) is 2.23. The second kappa shape index (κ2) is 5.50. The third kappa shape index (κ3) is 2.91. The number of aryl methyl sites for hydroxylation is 3. The molecule has 2 aromatic heterocycles. The van der Waals surface area contributed by atoms with Crippen molar-refractivity contribution in [1.29, 1.82) is 0 Å². The molecule has 0 aliphatic heterocycles. The van der Waals surface area contributed by atoms with Gasteiger partial charge < -0.3 is 4.57 Å². The number of imidazole rings is 1. The van der Waals surface area contributed by atoms with Gasteiger partial charge in [-0.25, -0.2) is 13.4 Å². The highest BCUT2D eigenvalue weighted by Gasteiger charge is 2.19. The van der Waals surface area contributed by atoms with Gasteiger partial charge in [-0.05, 0) is 22.9 Å². The minimum Gasteiger partial charge on any atom is -0.327 e. The first-order valence-corrected chi connectivity index (χ1v) is 9.03. The molecule has 0 spiro atoms. The molecule has 9 heteroatoms. The zero-order valence-electron chi connectivity index (χ0n) is 11.3. The standard InChI is InChI=1S/C11H14BrClN4O2S/c1-4-9-14-10(20(13,18)19)6-17(9)5-8-11(12)7(2)15-16(8)3/h6H,4-5H2,1-3H3. The van der Waals surface area contributed by atoms with E-state index in [2.05, 4.69) is 26.0 Å². The average molecular weight is 382 g/mol. The summed E-state index contributed by atoms with van der Waals surface area (Å²) in [6, 6.07) is 0. The molecule has 0 saturated heterocycles. The molecule has 0 aromatic carbocycles. The molecule has 0 radical (unpaired) electrons. The SMILES string of the molecule is CCc1nc(S(=O)(=O)Cl)cn1Cc1c(Br)c(C)nn1C. The molecule has 0 unspecified atom stereocenters. The lowest BCUT2D eigenvalue weighted by Gasteiger charge is -2.07. The Balaban J connectivity index is 2.46. The quantitative estimate of drug-likeness (QED) is 0.762. The molecular formula is C11H14BrClN4O2S. The molecule has 110 valence electrons. The van der Waals surface area contributed by atoms with E-state index in [1.165, 1.54) is 6.20 Å². The molecule has 0 N–H and O–H groups in total. The highest BCUT2D eigenvalue weighted by molar-refractivity contribution is 9.10. The van der Waals surface area contributed by atoms with Crippen LogP contribution in [0, 0.1) is 6.92 Å². The van der Waals surface area contributed by atoms with E-state index in [9.17, 15) is 8.42 Å². The Hall–Kier alpha value is -0.860.